The van der Waals surface area contributed by atoms with Gasteiger partial charge in [-0.25, -0.2) is 15.0 Å². The minimum absolute atomic E-state index is 0.0227. The minimum atomic E-state index is -0.0227. The molecule has 0 unspecified atom stereocenters. The molecular weight excluding hydrogens is 172 g/mol. The average Bonchev–Trinajstić information content (AvgIpc) is 2.62. The number of nitrogens with zero attached hydrogens (tertiary/aromatic N) is 4. The Morgan fingerprint density at radius 1 is 1.46 bits per heavy atom. The number of hydrogen-bond acceptors (Lipinski definition) is 6. The van der Waals surface area contributed by atoms with Gasteiger partial charge in [0, 0.05) is 0 Å². The van der Waals surface area contributed by atoms with Gasteiger partial charge in [0.25, 0.3) is 0 Å². The highest BCUT2D eigenvalue weighted by Gasteiger charge is 2.03. The molecule has 0 aliphatic carbocycles. The van der Waals surface area contributed by atoms with Crippen molar-refractivity contribution in [1.29, 1.82) is 0 Å². The molecule has 0 saturated carbocycles. The van der Waals surface area contributed by atoms with Crippen LogP contribution in [-0.2, 0) is 0 Å². The highest BCUT2D eigenvalue weighted by Crippen LogP contribution is 2.13. The van der Waals surface area contributed by atoms with Crippen molar-refractivity contribution < 1.29 is 0 Å². The number of hydrogen-bond donors (Lipinski definition) is 2. The standard InChI is InChI=1S/C6H6N6O/c13-12-3-11-6-4-5(8-1-7-4)9-2-10-6/h1-2H,3H2,(H2,7,8,9,10,11). The van der Waals surface area contributed by atoms with Crippen LogP contribution in [0.4, 0.5) is 5.82 Å². The molecule has 0 aliphatic rings. The third-order valence-corrected chi connectivity index (χ3v) is 1.53. The van der Waals surface area contributed by atoms with Gasteiger partial charge in [0.2, 0.25) is 0 Å². The van der Waals surface area contributed by atoms with Gasteiger partial charge in [0.1, 0.15) is 11.8 Å². The Kier molecular flexibility index (Phi) is 1.83. The Labute approximate surface area is 72.6 Å². The van der Waals surface area contributed by atoms with Gasteiger partial charge in [-0.2, -0.15) is 0 Å². The zero-order valence-corrected chi connectivity index (χ0v) is 6.56. The summed E-state index contributed by atoms with van der Waals surface area (Å²) in [6.45, 7) is -0.0227. The fourth-order valence-electron chi connectivity index (χ4n) is 1.01. The normalized spacial score (nSPS) is 10.2. The number of rotatable bonds is 3. The van der Waals surface area contributed by atoms with Crippen LogP contribution in [0.15, 0.2) is 17.8 Å². The first-order chi connectivity index (χ1) is 6.42. The Hall–Kier alpha value is -2.05. The van der Waals surface area contributed by atoms with Gasteiger partial charge in [0.15, 0.2) is 18.1 Å². The van der Waals surface area contributed by atoms with Crippen molar-refractivity contribution in [2.24, 2.45) is 5.18 Å². The molecule has 0 fully saturated rings. The van der Waals surface area contributed by atoms with Crippen LogP contribution in [0.5, 0.6) is 0 Å². The zero-order chi connectivity index (χ0) is 9.10. The smallest absolute Gasteiger partial charge is 0.182 e. The van der Waals surface area contributed by atoms with Gasteiger partial charge in [0.05, 0.1) is 6.33 Å². The van der Waals surface area contributed by atoms with Gasteiger partial charge in [-0.1, -0.05) is 0 Å². The molecule has 0 spiro atoms. The van der Waals surface area contributed by atoms with E-state index in [1.165, 1.54) is 12.7 Å². The summed E-state index contributed by atoms with van der Waals surface area (Å²) < 4.78 is 0. The van der Waals surface area contributed by atoms with E-state index in [1.807, 2.05) is 0 Å². The lowest BCUT2D eigenvalue weighted by Crippen LogP contribution is -2.01. The fraction of sp³-hybridized carbons (Fsp3) is 0.167. The second kappa shape index (κ2) is 3.13. The first-order valence-electron chi connectivity index (χ1n) is 3.59. The lowest BCUT2D eigenvalue weighted by atomic mass is 10.5. The van der Waals surface area contributed by atoms with Gasteiger partial charge >= 0.3 is 0 Å². The van der Waals surface area contributed by atoms with Crippen LogP contribution < -0.4 is 5.32 Å². The summed E-state index contributed by atoms with van der Waals surface area (Å²) in [5, 5.41) is 5.39. The third-order valence-electron chi connectivity index (χ3n) is 1.53. The van der Waals surface area contributed by atoms with Crippen molar-refractivity contribution >= 4 is 17.0 Å². The van der Waals surface area contributed by atoms with E-state index in [1.54, 1.807) is 0 Å². The van der Waals surface area contributed by atoms with Crippen molar-refractivity contribution in [2.45, 2.75) is 0 Å². The molecule has 0 aliphatic heterocycles. The number of H-pyrrole nitrogens is 1. The average molecular weight is 178 g/mol. The summed E-state index contributed by atoms with van der Waals surface area (Å²) in [6.07, 6.45) is 2.88. The Morgan fingerprint density at radius 3 is 3.23 bits per heavy atom. The third kappa shape index (κ3) is 1.31. The second-order valence-corrected chi connectivity index (χ2v) is 2.29. The number of fused-ring (bicyclic) bond motifs is 1. The second-order valence-electron chi connectivity index (χ2n) is 2.29. The molecule has 0 bridgehead atoms. The lowest BCUT2D eigenvalue weighted by Gasteiger charge is -1.99. The first kappa shape index (κ1) is 7.59. The van der Waals surface area contributed by atoms with Crippen LogP contribution in [0, 0.1) is 4.91 Å². The highest BCUT2D eigenvalue weighted by molar-refractivity contribution is 5.81. The number of imidazole rings is 1. The van der Waals surface area contributed by atoms with Crippen LogP contribution in [0.25, 0.3) is 11.2 Å². The molecule has 0 aromatic carbocycles. The highest BCUT2D eigenvalue weighted by atomic mass is 16.3. The number of anilines is 1. The molecule has 7 nitrogen and oxygen atoms in total. The summed E-state index contributed by atoms with van der Waals surface area (Å²) in [5.74, 6) is 0.530. The summed E-state index contributed by atoms with van der Waals surface area (Å²) >= 11 is 0. The van der Waals surface area contributed by atoms with E-state index in [0.29, 0.717) is 17.0 Å². The summed E-state index contributed by atoms with van der Waals surface area (Å²) in [7, 11) is 0. The maximum atomic E-state index is 9.87. The van der Waals surface area contributed by atoms with E-state index in [4.69, 9.17) is 0 Å². The van der Waals surface area contributed by atoms with Gasteiger partial charge < -0.3 is 10.3 Å². The summed E-state index contributed by atoms with van der Waals surface area (Å²) in [4.78, 5) is 24.5. The van der Waals surface area contributed by atoms with E-state index in [-0.39, 0.29) is 6.67 Å². The monoisotopic (exact) mass is 178 g/mol. The van der Waals surface area contributed by atoms with Gasteiger partial charge in [-0.15, -0.1) is 4.91 Å². The van der Waals surface area contributed by atoms with E-state index in [2.05, 4.69) is 30.4 Å². The Bertz CT molecular complexity index is 424. The topological polar surface area (TPSA) is 95.9 Å². The van der Waals surface area contributed by atoms with Crippen molar-refractivity contribution in [3.8, 4) is 0 Å². The van der Waals surface area contributed by atoms with Crippen LogP contribution in [-0.4, -0.2) is 26.6 Å². The molecule has 0 saturated heterocycles. The summed E-state index contributed by atoms with van der Waals surface area (Å²) in [6, 6.07) is 0. The molecule has 0 atom stereocenters. The Morgan fingerprint density at radius 2 is 2.38 bits per heavy atom. The minimum Gasteiger partial charge on any atom is -0.346 e. The molecule has 7 heteroatoms. The van der Waals surface area contributed by atoms with Gasteiger partial charge in [-0.3, -0.25) is 0 Å². The largest absolute Gasteiger partial charge is 0.346 e. The molecule has 66 valence electrons. The molecule has 0 radical (unpaired) electrons. The molecule has 2 rings (SSSR count). The van der Waals surface area contributed by atoms with Crippen molar-refractivity contribution in [1.82, 2.24) is 19.9 Å². The van der Waals surface area contributed by atoms with E-state index >= 15 is 0 Å². The van der Waals surface area contributed by atoms with Crippen LogP contribution >= 0.6 is 0 Å². The molecule has 2 heterocycles. The van der Waals surface area contributed by atoms with Gasteiger partial charge in [-0.05, 0) is 5.18 Å². The van der Waals surface area contributed by atoms with Crippen LogP contribution in [0.2, 0.25) is 0 Å². The zero-order valence-electron chi connectivity index (χ0n) is 6.56. The van der Waals surface area contributed by atoms with Crippen LogP contribution in [0.3, 0.4) is 0 Å². The summed E-state index contributed by atoms with van der Waals surface area (Å²) in [5.41, 5.74) is 1.23. The maximum absolute atomic E-state index is 9.87. The van der Waals surface area contributed by atoms with E-state index in [0.717, 1.165) is 0 Å². The van der Waals surface area contributed by atoms with Crippen molar-refractivity contribution in [3.63, 3.8) is 0 Å². The van der Waals surface area contributed by atoms with E-state index < -0.39 is 0 Å². The quantitative estimate of drug-likeness (QED) is 0.666. The number of nitroso groups, excluding NO2 is 1. The first-order valence-corrected chi connectivity index (χ1v) is 3.59. The van der Waals surface area contributed by atoms with Crippen LogP contribution in [0.1, 0.15) is 0 Å². The molecule has 2 aromatic heterocycles. The van der Waals surface area contributed by atoms with Crippen molar-refractivity contribution in [2.75, 3.05) is 12.0 Å². The Balaban J connectivity index is 2.42. The van der Waals surface area contributed by atoms with E-state index in [9.17, 15) is 4.91 Å². The molecular formula is C6H6N6O. The molecule has 13 heavy (non-hydrogen) atoms. The molecule has 0 amide bonds. The van der Waals surface area contributed by atoms with Crippen molar-refractivity contribution in [3.05, 3.63) is 17.6 Å². The predicted octanol–water partition coefficient (Wildman–Crippen LogP) is 0.489. The maximum Gasteiger partial charge on any atom is 0.182 e. The number of nitrogens with one attached hydrogen (secondary N) is 2. The number of aromatic amines is 1. The molecule has 2 aromatic rings. The SMILES string of the molecule is O=NCNc1ncnc2nc[nH]c12. The number of aromatic nitrogens is 4. The molecule has 2 N–H and O–H groups in total. The fourth-order valence-corrected chi connectivity index (χ4v) is 1.01. The lowest BCUT2D eigenvalue weighted by molar-refractivity contribution is 1.08. The predicted molar refractivity (Wildman–Crippen MR) is 46.0 cm³/mol.